The number of imide groups is 1. The molecule has 18 heavy (non-hydrogen) atoms. The first-order valence-corrected chi connectivity index (χ1v) is 5.28. The van der Waals surface area contributed by atoms with Crippen molar-refractivity contribution in [2.24, 2.45) is 0 Å². The van der Waals surface area contributed by atoms with Crippen LogP contribution in [0.2, 0.25) is 0 Å². The second-order valence-electron chi connectivity index (χ2n) is 3.92. The van der Waals surface area contributed by atoms with Gasteiger partial charge in [-0.25, -0.2) is 9.78 Å². The Hall–Kier alpha value is -2.44. The fraction of sp³-hybridized carbons (Fsp3) is 0.273. The monoisotopic (exact) mass is 249 g/mol. The molecule has 1 aromatic heterocycles. The molecule has 0 unspecified atom stereocenters. The summed E-state index contributed by atoms with van der Waals surface area (Å²) in [7, 11) is 0. The van der Waals surface area contributed by atoms with Crippen LogP contribution in [-0.4, -0.2) is 43.9 Å². The van der Waals surface area contributed by atoms with E-state index in [-0.39, 0.29) is 24.1 Å². The Labute approximate surface area is 102 Å². The van der Waals surface area contributed by atoms with E-state index in [2.05, 4.69) is 4.98 Å². The Morgan fingerprint density at radius 3 is 2.61 bits per heavy atom. The Morgan fingerprint density at radius 2 is 2.11 bits per heavy atom. The van der Waals surface area contributed by atoms with Crippen molar-refractivity contribution in [3.63, 3.8) is 0 Å². The summed E-state index contributed by atoms with van der Waals surface area (Å²) in [5.74, 6) is -1.76. The van der Waals surface area contributed by atoms with E-state index in [0.29, 0.717) is 12.1 Å². The minimum atomic E-state index is -1.11. The van der Waals surface area contributed by atoms with Crippen molar-refractivity contribution in [1.29, 1.82) is 0 Å². The highest BCUT2D eigenvalue weighted by atomic mass is 16.4. The Morgan fingerprint density at radius 1 is 1.39 bits per heavy atom. The van der Waals surface area contributed by atoms with E-state index in [0.717, 1.165) is 4.90 Å². The number of nitrogens with zero attached hydrogens (tertiary/aromatic N) is 3. The lowest BCUT2D eigenvalue weighted by Crippen LogP contribution is -2.33. The zero-order valence-electron chi connectivity index (χ0n) is 9.66. The van der Waals surface area contributed by atoms with Gasteiger partial charge in [-0.05, 0) is 6.92 Å². The smallest absolute Gasteiger partial charge is 0.356 e. The summed E-state index contributed by atoms with van der Waals surface area (Å²) in [6.07, 6.45) is 4.00. The quantitative estimate of drug-likeness (QED) is 0.752. The molecule has 0 spiro atoms. The molecule has 1 N–H and O–H groups in total. The summed E-state index contributed by atoms with van der Waals surface area (Å²) in [6, 6.07) is 0. The van der Waals surface area contributed by atoms with Crippen molar-refractivity contribution in [2.45, 2.75) is 13.5 Å². The first kappa shape index (κ1) is 12.0. The summed E-state index contributed by atoms with van der Waals surface area (Å²) in [5, 5.41) is 8.69. The molecular weight excluding hydrogens is 238 g/mol. The van der Waals surface area contributed by atoms with Gasteiger partial charge < -0.3 is 9.67 Å². The van der Waals surface area contributed by atoms with E-state index in [9.17, 15) is 14.4 Å². The van der Waals surface area contributed by atoms with Crippen LogP contribution in [-0.2, 0) is 16.1 Å². The summed E-state index contributed by atoms with van der Waals surface area (Å²) in [4.78, 5) is 38.4. The molecule has 0 atom stereocenters. The third kappa shape index (κ3) is 2.15. The molecule has 94 valence electrons. The van der Waals surface area contributed by atoms with Gasteiger partial charge in [0.05, 0.1) is 6.33 Å². The van der Waals surface area contributed by atoms with Crippen molar-refractivity contribution in [3.05, 3.63) is 29.9 Å². The molecule has 1 aliphatic rings. The molecule has 0 bridgehead atoms. The molecule has 0 aromatic carbocycles. The molecule has 0 saturated carbocycles. The van der Waals surface area contributed by atoms with Crippen LogP contribution in [0.15, 0.2) is 24.2 Å². The van der Waals surface area contributed by atoms with Gasteiger partial charge in [0.2, 0.25) is 0 Å². The lowest BCUT2D eigenvalue weighted by molar-refractivity contribution is -0.137. The van der Waals surface area contributed by atoms with Gasteiger partial charge in [-0.3, -0.25) is 14.5 Å². The molecule has 1 aromatic rings. The van der Waals surface area contributed by atoms with Crippen LogP contribution in [0.3, 0.4) is 0 Å². The predicted molar refractivity (Wildman–Crippen MR) is 59.7 cm³/mol. The van der Waals surface area contributed by atoms with E-state index in [1.807, 2.05) is 0 Å². The lowest BCUT2D eigenvalue weighted by atomic mass is 10.3. The van der Waals surface area contributed by atoms with Crippen LogP contribution in [0, 0.1) is 0 Å². The summed E-state index contributed by atoms with van der Waals surface area (Å²) in [6.45, 7) is 2.10. The summed E-state index contributed by atoms with van der Waals surface area (Å²) in [5.41, 5.74) is 0.347. The lowest BCUT2D eigenvalue weighted by Gasteiger charge is -2.14. The molecule has 7 nitrogen and oxygen atoms in total. The minimum Gasteiger partial charge on any atom is -0.476 e. The largest absolute Gasteiger partial charge is 0.476 e. The van der Waals surface area contributed by atoms with Crippen molar-refractivity contribution < 1.29 is 19.5 Å². The van der Waals surface area contributed by atoms with Gasteiger partial charge >= 0.3 is 5.97 Å². The number of imidazole rings is 1. The topological polar surface area (TPSA) is 92.5 Å². The molecule has 1 aliphatic heterocycles. The average molecular weight is 249 g/mol. The average Bonchev–Trinajstić information content (AvgIpc) is 2.85. The molecule has 7 heteroatoms. The fourth-order valence-corrected chi connectivity index (χ4v) is 1.66. The van der Waals surface area contributed by atoms with Gasteiger partial charge in [-0.15, -0.1) is 0 Å². The number of hydrogen-bond donors (Lipinski definition) is 1. The third-order valence-electron chi connectivity index (χ3n) is 2.62. The van der Waals surface area contributed by atoms with Gasteiger partial charge in [0, 0.05) is 30.9 Å². The number of carbonyl (C=O) groups is 3. The maximum atomic E-state index is 11.6. The number of carbonyl (C=O) groups excluding carboxylic acids is 2. The number of rotatable bonds is 4. The van der Waals surface area contributed by atoms with Crippen molar-refractivity contribution in [1.82, 2.24) is 14.5 Å². The highest BCUT2D eigenvalue weighted by molar-refractivity contribution is 6.15. The normalized spacial score (nSPS) is 15.2. The Balaban J connectivity index is 1.98. The molecule has 0 radical (unpaired) electrons. The Kier molecular flexibility index (Phi) is 2.97. The third-order valence-corrected chi connectivity index (χ3v) is 2.62. The SMILES string of the molecule is CC1=CC(=O)N(CCn2cnc(C(=O)O)c2)C1=O. The van der Waals surface area contributed by atoms with E-state index >= 15 is 0 Å². The zero-order chi connectivity index (χ0) is 13.3. The van der Waals surface area contributed by atoms with Crippen LogP contribution in [0.1, 0.15) is 17.4 Å². The number of carboxylic acid groups (broad SMARTS) is 1. The van der Waals surface area contributed by atoms with Crippen LogP contribution in [0.25, 0.3) is 0 Å². The molecule has 0 saturated heterocycles. The number of hydrogen-bond acceptors (Lipinski definition) is 4. The fourth-order valence-electron chi connectivity index (χ4n) is 1.66. The van der Waals surface area contributed by atoms with Gasteiger partial charge in [0.25, 0.3) is 11.8 Å². The van der Waals surface area contributed by atoms with Gasteiger partial charge in [-0.2, -0.15) is 0 Å². The van der Waals surface area contributed by atoms with Gasteiger partial charge in [0.15, 0.2) is 5.69 Å². The van der Waals surface area contributed by atoms with Crippen LogP contribution < -0.4 is 0 Å². The maximum absolute atomic E-state index is 11.6. The van der Waals surface area contributed by atoms with Gasteiger partial charge in [0.1, 0.15) is 0 Å². The number of amides is 2. The molecule has 2 amide bonds. The van der Waals surface area contributed by atoms with Crippen LogP contribution in [0.5, 0.6) is 0 Å². The number of carboxylic acids is 1. The zero-order valence-corrected chi connectivity index (χ0v) is 9.66. The molecule has 2 rings (SSSR count). The highest BCUT2D eigenvalue weighted by Gasteiger charge is 2.27. The van der Waals surface area contributed by atoms with Crippen molar-refractivity contribution in [2.75, 3.05) is 6.54 Å². The summed E-state index contributed by atoms with van der Waals surface area (Å²) < 4.78 is 1.53. The number of aromatic nitrogens is 2. The van der Waals surface area contributed by atoms with E-state index in [4.69, 9.17) is 5.11 Å². The van der Waals surface area contributed by atoms with Crippen LogP contribution >= 0.6 is 0 Å². The van der Waals surface area contributed by atoms with E-state index in [1.165, 1.54) is 23.2 Å². The van der Waals surface area contributed by atoms with Crippen LogP contribution in [0.4, 0.5) is 0 Å². The highest BCUT2D eigenvalue weighted by Crippen LogP contribution is 2.11. The minimum absolute atomic E-state index is 0.0663. The number of aromatic carboxylic acids is 1. The summed E-state index contributed by atoms with van der Waals surface area (Å²) >= 11 is 0. The van der Waals surface area contributed by atoms with E-state index in [1.54, 1.807) is 6.92 Å². The molecule has 0 fully saturated rings. The first-order chi connectivity index (χ1) is 8.49. The second kappa shape index (κ2) is 4.44. The first-order valence-electron chi connectivity index (χ1n) is 5.28. The molecule has 2 heterocycles. The molecule has 0 aliphatic carbocycles. The molecular formula is C11H11N3O4. The van der Waals surface area contributed by atoms with E-state index < -0.39 is 5.97 Å². The predicted octanol–water partition coefficient (Wildman–Crippen LogP) is -0.104. The maximum Gasteiger partial charge on any atom is 0.356 e. The van der Waals surface area contributed by atoms with Crippen molar-refractivity contribution >= 4 is 17.8 Å². The van der Waals surface area contributed by atoms with Crippen molar-refractivity contribution in [3.8, 4) is 0 Å². The Bertz CT molecular complexity index is 558. The second-order valence-corrected chi connectivity index (χ2v) is 3.92. The standard InChI is InChI=1S/C11H11N3O4/c1-7-4-9(15)14(10(7)16)3-2-13-5-8(11(17)18)12-6-13/h4-6H,2-3H2,1H3,(H,17,18). The van der Waals surface area contributed by atoms with Gasteiger partial charge in [-0.1, -0.05) is 0 Å².